The van der Waals surface area contributed by atoms with Gasteiger partial charge in [-0.2, -0.15) is 0 Å². The Morgan fingerprint density at radius 1 is 1.67 bits per heavy atom. The SMILES string of the molecule is CCC1(C(=O)N(C)Cc2cc(C)on2)CCCN1. The zero-order valence-electron chi connectivity index (χ0n) is 11.3. The molecule has 1 aliphatic rings. The van der Waals surface area contributed by atoms with Gasteiger partial charge in [0.2, 0.25) is 5.91 Å². The molecule has 5 heteroatoms. The maximum Gasteiger partial charge on any atom is 0.242 e. The zero-order valence-corrected chi connectivity index (χ0v) is 11.3. The van der Waals surface area contributed by atoms with Gasteiger partial charge >= 0.3 is 0 Å². The second-order valence-corrected chi connectivity index (χ2v) is 5.06. The van der Waals surface area contributed by atoms with E-state index in [1.165, 1.54) is 0 Å². The summed E-state index contributed by atoms with van der Waals surface area (Å²) in [6, 6.07) is 1.87. The van der Waals surface area contributed by atoms with Crippen molar-refractivity contribution in [2.24, 2.45) is 0 Å². The minimum atomic E-state index is -0.368. The lowest BCUT2D eigenvalue weighted by atomic mass is 9.92. The van der Waals surface area contributed by atoms with Gasteiger partial charge in [-0.15, -0.1) is 0 Å². The van der Waals surface area contributed by atoms with Crippen molar-refractivity contribution in [1.29, 1.82) is 0 Å². The van der Waals surface area contributed by atoms with Crippen molar-refractivity contribution in [1.82, 2.24) is 15.4 Å². The Morgan fingerprint density at radius 3 is 2.94 bits per heavy atom. The van der Waals surface area contributed by atoms with E-state index in [4.69, 9.17) is 4.52 Å². The predicted octanol–water partition coefficient (Wildman–Crippen LogP) is 1.47. The Labute approximate surface area is 108 Å². The summed E-state index contributed by atoms with van der Waals surface area (Å²) in [5, 5.41) is 7.28. The molecule has 1 fully saturated rings. The first-order chi connectivity index (χ1) is 8.57. The fraction of sp³-hybridized carbons (Fsp3) is 0.692. The smallest absolute Gasteiger partial charge is 0.242 e. The van der Waals surface area contributed by atoms with Crippen LogP contribution in [-0.2, 0) is 11.3 Å². The molecule has 1 atom stereocenters. The quantitative estimate of drug-likeness (QED) is 0.880. The van der Waals surface area contributed by atoms with Crippen molar-refractivity contribution < 1.29 is 9.32 Å². The Balaban J connectivity index is 2.04. The molecule has 0 saturated carbocycles. The molecule has 0 radical (unpaired) electrons. The molecular weight excluding hydrogens is 230 g/mol. The van der Waals surface area contributed by atoms with Gasteiger partial charge in [-0.3, -0.25) is 4.79 Å². The molecule has 2 heterocycles. The lowest BCUT2D eigenvalue weighted by Crippen LogP contribution is -2.53. The maximum atomic E-state index is 12.5. The maximum absolute atomic E-state index is 12.5. The van der Waals surface area contributed by atoms with Crippen LogP contribution in [0.1, 0.15) is 37.6 Å². The number of hydrogen-bond donors (Lipinski definition) is 1. The van der Waals surface area contributed by atoms with Gasteiger partial charge in [0.25, 0.3) is 0 Å². The lowest BCUT2D eigenvalue weighted by Gasteiger charge is -2.31. The highest BCUT2D eigenvalue weighted by Crippen LogP contribution is 2.25. The van der Waals surface area contributed by atoms with Crippen LogP contribution in [0, 0.1) is 6.92 Å². The molecule has 2 rings (SSSR count). The number of aryl methyl sites for hydroxylation is 1. The van der Waals surface area contributed by atoms with Gasteiger partial charge in [0, 0.05) is 13.1 Å². The van der Waals surface area contributed by atoms with Crippen molar-refractivity contribution >= 4 is 5.91 Å². The van der Waals surface area contributed by atoms with Crippen LogP contribution in [0.25, 0.3) is 0 Å². The molecule has 100 valence electrons. The molecule has 1 aromatic heterocycles. The third-order valence-electron chi connectivity index (χ3n) is 3.68. The van der Waals surface area contributed by atoms with Crippen LogP contribution in [0.2, 0.25) is 0 Å². The van der Waals surface area contributed by atoms with Crippen LogP contribution in [-0.4, -0.2) is 35.1 Å². The van der Waals surface area contributed by atoms with Crippen LogP contribution in [0.3, 0.4) is 0 Å². The van der Waals surface area contributed by atoms with Gasteiger partial charge in [-0.25, -0.2) is 0 Å². The van der Waals surface area contributed by atoms with E-state index in [9.17, 15) is 4.79 Å². The summed E-state index contributed by atoms with van der Waals surface area (Å²) in [5.74, 6) is 0.929. The summed E-state index contributed by atoms with van der Waals surface area (Å²) in [6.07, 6.45) is 2.81. The van der Waals surface area contributed by atoms with Crippen LogP contribution in [0.15, 0.2) is 10.6 Å². The zero-order chi connectivity index (χ0) is 13.2. The second-order valence-electron chi connectivity index (χ2n) is 5.06. The number of likely N-dealkylation sites (N-methyl/N-ethyl adjacent to an activating group) is 1. The van der Waals surface area contributed by atoms with Crippen LogP contribution < -0.4 is 5.32 Å². The molecular formula is C13H21N3O2. The third-order valence-corrected chi connectivity index (χ3v) is 3.68. The monoisotopic (exact) mass is 251 g/mol. The van der Waals surface area contributed by atoms with Crippen molar-refractivity contribution in [3.63, 3.8) is 0 Å². The molecule has 1 N–H and O–H groups in total. The average Bonchev–Trinajstić information content (AvgIpc) is 2.98. The first kappa shape index (κ1) is 13.1. The average molecular weight is 251 g/mol. The highest BCUT2D eigenvalue weighted by molar-refractivity contribution is 5.86. The Morgan fingerprint density at radius 2 is 2.44 bits per heavy atom. The van der Waals surface area contributed by atoms with E-state index in [2.05, 4.69) is 17.4 Å². The minimum absolute atomic E-state index is 0.156. The van der Waals surface area contributed by atoms with E-state index < -0.39 is 0 Å². The van der Waals surface area contributed by atoms with Gasteiger partial charge in [-0.05, 0) is 32.7 Å². The number of aromatic nitrogens is 1. The minimum Gasteiger partial charge on any atom is -0.361 e. The van der Waals surface area contributed by atoms with Gasteiger partial charge in [-0.1, -0.05) is 12.1 Å². The summed E-state index contributed by atoms with van der Waals surface area (Å²) >= 11 is 0. The normalized spacial score (nSPS) is 23.3. The number of nitrogens with one attached hydrogen (secondary N) is 1. The van der Waals surface area contributed by atoms with Crippen LogP contribution in [0.4, 0.5) is 0 Å². The molecule has 1 saturated heterocycles. The van der Waals surface area contributed by atoms with Gasteiger partial charge in [0.1, 0.15) is 11.5 Å². The van der Waals surface area contributed by atoms with Crippen LogP contribution in [0.5, 0.6) is 0 Å². The van der Waals surface area contributed by atoms with Gasteiger partial charge in [0.05, 0.1) is 12.1 Å². The molecule has 0 bridgehead atoms. The highest BCUT2D eigenvalue weighted by atomic mass is 16.5. The summed E-state index contributed by atoms with van der Waals surface area (Å²) in [4.78, 5) is 14.2. The summed E-state index contributed by atoms with van der Waals surface area (Å²) in [5.41, 5.74) is 0.431. The molecule has 0 aromatic carbocycles. The van der Waals surface area contributed by atoms with Crippen molar-refractivity contribution in [3.8, 4) is 0 Å². The van der Waals surface area contributed by atoms with E-state index in [1.54, 1.807) is 4.90 Å². The van der Waals surface area contributed by atoms with E-state index in [1.807, 2.05) is 20.0 Å². The number of amides is 1. The molecule has 1 aromatic rings. The Bertz CT molecular complexity index is 422. The molecule has 1 amide bonds. The number of nitrogens with zero attached hydrogens (tertiary/aromatic N) is 2. The van der Waals surface area contributed by atoms with Crippen LogP contribution >= 0.6 is 0 Å². The molecule has 18 heavy (non-hydrogen) atoms. The standard InChI is InChI=1S/C13H21N3O2/c1-4-13(6-5-7-14-13)12(17)16(3)9-11-8-10(2)18-15-11/h8,14H,4-7,9H2,1-3H3. The van der Waals surface area contributed by atoms with E-state index >= 15 is 0 Å². The fourth-order valence-electron chi connectivity index (χ4n) is 2.61. The van der Waals surface area contributed by atoms with Crippen molar-refractivity contribution in [2.75, 3.05) is 13.6 Å². The first-order valence-electron chi connectivity index (χ1n) is 6.50. The first-order valence-corrected chi connectivity index (χ1v) is 6.50. The van der Waals surface area contributed by atoms with Gasteiger partial charge in [0.15, 0.2) is 0 Å². The predicted molar refractivity (Wildman–Crippen MR) is 68.0 cm³/mol. The Hall–Kier alpha value is -1.36. The third kappa shape index (κ3) is 2.41. The van der Waals surface area contributed by atoms with E-state index in [-0.39, 0.29) is 11.4 Å². The molecule has 0 aliphatic carbocycles. The highest BCUT2D eigenvalue weighted by Gasteiger charge is 2.40. The molecule has 1 unspecified atom stereocenters. The number of hydrogen-bond acceptors (Lipinski definition) is 4. The molecule has 5 nitrogen and oxygen atoms in total. The topological polar surface area (TPSA) is 58.4 Å². The summed E-state index contributed by atoms with van der Waals surface area (Å²) < 4.78 is 5.02. The van der Waals surface area contributed by atoms with E-state index in [0.717, 1.165) is 37.3 Å². The van der Waals surface area contributed by atoms with Crippen molar-refractivity contribution in [2.45, 2.75) is 45.2 Å². The lowest BCUT2D eigenvalue weighted by molar-refractivity contribution is -0.137. The van der Waals surface area contributed by atoms with Gasteiger partial charge < -0.3 is 14.7 Å². The molecule has 1 aliphatic heterocycles. The summed E-state index contributed by atoms with van der Waals surface area (Å²) in [7, 11) is 1.82. The van der Waals surface area contributed by atoms with Crippen molar-refractivity contribution in [3.05, 3.63) is 17.5 Å². The Kier molecular flexibility index (Phi) is 3.71. The second kappa shape index (κ2) is 5.10. The largest absolute Gasteiger partial charge is 0.361 e. The van der Waals surface area contributed by atoms with E-state index in [0.29, 0.717) is 6.54 Å². The fourth-order valence-corrected chi connectivity index (χ4v) is 2.61. The number of rotatable bonds is 4. The number of carbonyl (C=O) groups excluding carboxylic acids is 1. The molecule has 0 spiro atoms. The summed E-state index contributed by atoms with van der Waals surface area (Å²) in [6.45, 7) is 5.34. The number of carbonyl (C=O) groups is 1.